The van der Waals surface area contributed by atoms with Gasteiger partial charge in [-0.15, -0.1) is 0 Å². The van der Waals surface area contributed by atoms with Crippen molar-refractivity contribution in [3.63, 3.8) is 0 Å². The lowest BCUT2D eigenvalue weighted by Gasteiger charge is -2.13. The molecular formula is C25H26FN3O2. The first-order valence-corrected chi connectivity index (χ1v) is 11.1. The molecule has 1 aromatic heterocycles. The molecule has 0 spiro atoms. The van der Waals surface area contributed by atoms with Gasteiger partial charge in [0, 0.05) is 29.8 Å². The first-order chi connectivity index (χ1) is 15.2. The Labute approximate surface area is 181 Å². The number of nitrogens with one attached hydrogen (secondary N) is 1. The zero-order chi connectivity index (χ0) is 21.2. The predicted molar refractivity (Wildman–Crippen MR) is 117 cm³/mol. The fraction of sp³-hybridized carbons (Fsp3) is 0.360. The summed E-state index contributed by atoms with van der Waals surface area (Å²) in [5, 5.41) is 7.78. The van der Waals surface area contributed by atoms with Gasteiger partial charge in [0.2, 0.25) is 0 Å². The molecule has 1 unspecified atom stereocenters. The number of ether oxygens (including phenoxy) is 1. The molecule has 1 N–H and O–H groups in total. The van der Waals surface area contributed by atoms with Crippen LogP contribution in [0, 0.1) is 5.82 Å². The van der Waals surface area contributed by atoms with Gasteiger partial charge >= 0.3 is 0 Å². The Hall–Kier alpha value is -2.99. The van der Waals surface area contributed by atoms with Gasteiger partial charge in [0.05, 0.1) is 23.2 Å². The Bertz CT molecular complexity index is 1080. The molecule has 1 amide bonds. The molecule has 1 atom stereocenters. The van der Waals surface area contributed by atoms with Crippen molar-refractivity contribution < 1.29 is 13.9 Å². The highest BCUT2D eigenvalue weighted by molar-refractivity contribution is 5.94. The molecule has 1 fully saturated rings. The zero-order valence-electron chi connectivity index (χ0n) is 17.4. The third kappa shape index (κ3) is 4.00. The number of hydrogen-bond acceptors (Lipinski definition) is 3. The lowest BCUT2D eigenvalue weighted by molar-refractivity contribution is 0.0858. The van der Waals surface area contributed by atoms with Crippen LogP contribution in [0.5, 0.6) is 0 Å². The minimum absolute atomic E-state index is 0.113. The minimum atomic E-state index is -0.248. The fourth-order valence-electron chi connectivity index (χ4n) is 4.54. The van der Waals surface area contributed by atoms with Crippen LogP contribution in [-0.4, -0.2) is 34.9 Å². The number of fused-ring (bicyclic) bond motifs is 1. The molecule has 3 aromatic rings. The molecule has 0 radical (unpaired) electrons. The summed E-state index contributed by atoms with van der Waals surface area (Å²) in [6.45, 7) is 1.30. The van der Waals surface area contributed by atoms with Crippen LogP contribution < -0.4 is 5.32 Å². The van der Waals surface area contributed by atoms with E-state index in [1.165, 1.54) is 6.07 Å². The van der Waals surface area contributed by atoms with Crippen LogP contribution >= 0.6 is 0 Å². The van der Waals surface area contributed by atoms with Gasteiger partial charge in [-0.05, 0) is 74.9 Å². The van der Waals surface area contributed by atoms with E-state index < -0.39 is 0 Å². The lowest BCUT2D eigenvalue weighted by atomic mass is 9.93. The van der Waals surface area contributed by atoms with E-state index in [1.807, 2.05) is 28.9 Å². The topological polar surface area (TPSA) is 56.1 Å². The first-order valence-electron chi connectivity index (χ1n) is 11.1. The van der Waals surface area contributed by atoms with E-state index >= 15 is 0 Å². The maximum atomic E-state index is 14.7. The largest absolute Gasteiger partial charge is 0.376 e. The standard InChI is InChI=1S/C25H26FN3O2/c26-22-9-3-1-7-20(22)24-21-8-2-4-10-23(21)28-29(24)18-13-11-17(12-14-18)25(30)27-16-19-6-5-15-31-19/h1,3,7,9,11-14,19H,2,4-6,8,10,15-16H2,(H,27,30). The molecular weight excluding hydrogens is 393 g/mol. The number of carbonyl (C=O) groups excluding carboxylic acids is 1. The Morgan fingerprint density at radius 2 is 1.90 bits per heavy atom. The quantitative estimate of drug-likeness (QED) is 0.664. The van der Waals surface area contributed by atoms with Crippen molar-refractivity contribution in [3.8, 4) is 16.9 Å². The maximum Gasteiger partial charge on any atom is 0.251 e. The predicted octanol–water partition coefficient (Wildman–Crippen LogP) is 4.47. The molecule has 31 heavy (non-hydrogen) atoms. The SMILES string of the molecule is O=C(NCC1CCCO1)c1ccc(-n2nc3c(c2-c2ccccc2F)CCCC3)cc1. The molecule has 160 valence electrons. The Kier molecular flexibility index (Phi) is 5.55. The number of benzene rings is 2. The molecule has 2 aliphatic rings. The number of rotatable bonds is 5. The second-order valence-electron chi connectivity index (χ2n) is 8.26. The molecule has 5 rings (SSSR count). The van der Waals surface area contributed by atoms with Gasteiger partial charge < -0.3 is 10.1 Å². The van der Waals surface area contributed by atoms with Crippen molar-refractivity contribution >= 4 is 5.91 Å². The van der Waals surface area contributed by atoms with Gasteiger partial charge in [-0.1, -0.05) is 12.1 Å². The summed E-state index contributed by atoms with van der Waals surface area (Å²) in [7, 11) is 0. The van der Waals surface area contributed by atoms with E-state index in [-0.39, 0.29) is 17.8 Å². The fourth-order valence-corrected chi connectivity index (χ4v) is 4.54. The van der Waals surface area contributed by atoms with Crippen molar-refractivity contribution in [3.05, 3.63) is 71.2 Å². The summed E-state index contributed by atoms with van der Waals surface area (Å²) in [5.41, 5.74) is 4.98. The number of nitrogens with zero attached hydrogens (tertiary/aromatic N) is 2. The molecule has 1 aliphatic carbocycles. The highest BCUT2D eigenvalue weighted by Gasteiger charge is 2.24. The van der Waals surface area contributed by atoms with Crippen molar-refractivity contribution in [2.45, 2.75) is 44.6 Å². The summed E-state index contributed by atoms with van der Waals surface area (Å²) < 4.78 is 22.1. The second kappa shape index (κ2) is 8.63. The van der Waals surface area contributed by atoms with E-state index in [1.54, 1.807) is 18.2 Å². The van der Waals surface area contributed by atoms with E-state index in [2.05, 4.69) is 5.32 Å². The molecule has 1 saturated heterocycles. The third-order valence-electron chi connectivity index (χ3n) is 6.17. The summed E-state index contributed by atoms with van der Waals surface area (Å²) in [6, 6.07) is 14.2. The monoisotopic (exact) mass is 419 g/mol. The normalized spacial score (nSPS) is 18.0. The van der Waals surface area contributed by atoms with Crippen LogP contribution in [0.15, 0.2) is 48.5 Å². The van der Waals surface area contributed by atoms with Crippen molar-refractivity contribution in [1.82, 2.24) is 15.1 Å². The first kappa shape index (κ1) is 19.9. The van der Waals surface area contributed by atoms with Gasteiger partial charge in [0.1, 0.15) is 5.82 Å². The van der Waals surface area contributed by atoms with Crippen molar-refractivity contribution in [1.29, 1.82) is 0 Å². The number of hydrogen-bond donors (Lipinski definition) is 1. The average Bonchev–Trinajstić information content (AvgIpc) is 3.46. The minimum Gasteiger partial charge on any atom is -0.376 e. The number of amides is 1. The number of aryl methyl sites for hydroxylation is 1. The smallest absolute Gasteiger partial charge is 0.251 e. The van der Waals surface area contributed by atoms with Crippen molar-refractivity contribution in [2.24, 2.45) is 0 Å². The van der Waals surface area contributed by atoms with Crippen LogP contribution in [0.25, 0.3) is 16.9 Å². The van der Waals surface area contributed by atoms with E-state index in [9.17, 15) is 9.18 Å². The molecule has 5 nitrogen and oxygen atoms in total. The maximum absolute atomic E-state index is 14.7. The Balaban J connectivity index is 1.44. The molecule has 2 aromatic carbocycles. The number of halogens is 1. The summed E-state index contributed by atoms with van der Waals surface area (Å²) in [5.74, 6) is -0.363. The van der Waals surface area contributed by atoms with Gasteiger partial charge in [0.25, 0.3) is 5.91 Å². The van der Waals surface area contributed by atoms with Gasteiger partial charge in [0.15, 0.2) is 0 Å². The summed E-state index contributed by atoms with van der Waals surface area (Å²) in [4.78, 5) is 12.5. The van der Waals surface area contributed by atoms with E-state index in [0.29, 0.717) is 17.7 Å². The molecule has 0 bridgehead atoms. The second-order valence-corrected chi connectivity index (χ2v) is 8.26. The lowest BCUT2D eigenvalue weighted by Crippen LogP contribution is -2.31. The van der Waals surface area contributed by atoms with Crippen LogP contribution in [0.3, 0.4) is 0 Å². The van der Waals surface area contributed by atoms with Crippen LogP contribution in [0.4, 0.5) is 4.39 Å². The highest BCUT2D eigenvalue weighted by atomic mass is 19.1. The number of carbonyl (C=O) groups is 1. The summed E-state index contributed by atoms with van der Waals surface area (Å²) in [6.07, 6.45) is 6.15. The third-order valence-corrected chi connectivity index (χ3v) is 6.17. The van der Waals surface area contributed by atoms with Crippen LogP contribution in [-0.2, 0) is 17.6 Å². The van der Waals surface area contributed by atoms with E-state index in [4.69, 9.17) is 9.84 Å². The Morgan fingerprint density at radius 1 is 1.10 bits per heavy atom. The highest BCUT2D eigenvalue weighted by Crippen LogP contribution is 2.34. The van der Waals surface area contributed by atoms with Gasteiger partial charge in [-0.25, -0.2) is 9.07 Å². The summed E-state index contributed by atoms with van der Waals surface area (Å²) >= 11 is 0. The van der Waals surface area contributed by atoms with Crippen LogP contribution in [0.1, 0.15) is 47.3 Å². The molecule has 0 saturated carbocycles. The number of aromatic nitrogens is 2. The Morgan fingerprint density at radius 3 is 2.68 bits per heavy atom. The molecule has 1 aliphatic heterocycles. The van der Waals surface area contributed by atoms with Gasteiger partial charge in [-0.3, -0.25) is 4.79 Å². The zero-order valence-corrected chi connectivity index (χ0v) is 17.4. The average molecular weight is 420 g/mol. The van der Waals surface area contributed by atoms with Crippen LogP contribution in [0.2, 0.25) is 0 Å². The van der Waals surface area contributed by atoms with Gasteiger partial charge in [-0.2, -0.15) is 5.10 Å². The molecule has 6 heteroatoms. The molecule has 2 heterocycles. The van der Waals surface area contributed by atoms with Crippen molar-refractivity contribution in [2.75, 3.05) is 13.2 Å². The van der Waals surface area contributed by atoms with E-state index in [0.717, 1.165) is 67.8 Å².